The number of aromatic amines is 1. The summed E-state index contributed by atoms with van der Waals surface area (Å²) in [4.78, 5) is 23.4. The Balaban J connectivity index is 1.76. The van der Waals surface area contributed by atoms with E-state index in [9.17, 15) is 9.90 Å². The van der Waals surface area contributed by atoms with Crippen LogP contribution in [0.25, 0.3) is 0 Å². The summed E-state index contributed by atoms with van der Waals surface area (Å²) in [6.07, 6.45) is 2.82. The summed E-state index contributed by atoms with van der Waals surface area (Å²) >= 11 is 0. The van der Waals surface area contributed by atoms with Gasteiger partial charge in [0, 0.05) is 0 Å². The lowest BCUT2D eigenvalue weighted by Crippen LogP contribution is -2.23. The van der Waals surface area contributed by atoms with Gasteiger partial charge < -0.3 is 20.9 Å². The Morgan fingerprint density at radius 3 is 2.67 bits per heavy atom. The molecular formula is C19H18N5O3+. The molecule has 8 nitrogen and oxygen atoms in total. The Labute approximate surface area is 155 Å². The van der Waals surface area contributed by atoms with Crippen LogP contribution in [0.4, 0.5) is 11.6 Å². The Hall–Kier alpha value is -3.94. The van der Waals surface area contributed by atoms with Gasteiger partial charge in [0.2, 0.25) is 5.78 Å². The summed E-state index contributed by atoms with van der Waals surface area (Å²) in [6, 6.07) is 13.6. The van der Waals surface area contributed by atoms with Crippen LogP contribution in [0.3, 0.4) is 0 Å². The molecule has 27 heavy (non-hydrogen) atoms. The Morgan fingerprint density at radius 1 is 1.22 bits per heavy atom. The molecule has 3 rings (SSSR count). The highest BCUT2D eigenvalue weighted by atomic mass is 16.5. The molecule has 0 amide bonds. The number of methoxy groups -OCH3 is 1. The molecule has 0 saturated heterocycles. The maximum absolute atomic E-state index is 12.4. The van der Waals surface area contributed by atoms with E-state index >= 15 is 0 Å². The Kier molecular flexibility index (Phi) is 5.27. The number of phenols is 1. The number of aliphatic imine (C=N–C) groups is 1. The number of nitrogens with one attached hydrogen (secondary N) is 2. The van der Waals surface area contributed by atoms with Gasteiger partial charge in [-0.15, -0.1) is 0 Å². The molecule has 3 aromatic rings. The quantitative estimate of drug-likeness (QED) is 0.361. The lowest BCUT2D eigenvalue weighted by atomic mass is 10.1. The number of phenolic OH excluding ortho intramolecular Hbond substituents is 1. The summed E-state index contributed by atoms with van der Waals surface area (Å²) in [5, 5.41) is 12.7. The third kappa shape index (κ3) is 4.18. The summed E-state index contributed by atoms with van der Waals surface area (Å²) in [6.45, 7) is 0. The number of carbonyl (C=O) groups is 1. The average molecular weight is 364 g/mol. The van der Waals surface area contributed by atoms with Gasteiger partial charge in [-0.2, -0.15) is 0 Å². The second-order valence-electron chi connectivity index (χ2n) is 5.49. The average Bonchev–Trinajstić information content (AvgIpc) is 2.69. The van der Waals surface area contributed by atoms with Crippen molar-refractivity contribution in [3.8, 4) is 11.5 Å². The number of nitrogens with zero attached hydrogens (tertiary/aromatic N) is 2. The topological polar surface area (TPSA) is 124 Å². The molecule has 0 atom stereocenters. The fourth-order valence-electron chi connectivity index (χ4n) is 2.38. The van der Waals surface area contributed by atoms with Gasteiger partial charge in [0.05, 0.1) is 30.1 Å². The Morgan fingerprint density at radius 2 is 1.96 bits per heavy atom. The van der Waals surface area contributed by atoms with Crippen LogP contribution in [0.1, 0.15) is 15.9 Å². The monoisotopic (exact) mass is 364 g/mol. The molecule has 0 unspecified atom stereocenters. The summed E-state index contributed by atoms with van der Waals surface area (Å²) in [5.74, 6) is 0.491. The number of H-pyrrole nitrogens is 1. The molecule has 0 aliphatic carbocycles. The van der Waals surface area contributed by atoms with Crippen molar-refractivity contribution in [2.75, 3.05) is 12.4 Å². The van der Waals surface area contributed by atoms with Crippen LogP contribution in [0.2, 0.25) is 0 Å². The van der Waals surface area contributed by atoms with Crippen molar-refractivity contribution in [1.82, 2.24) is 4.98 Å². The van der Waals surface area contributed by atoms with Gasteiger partial charge in [0.15, 0.2) is 0 Å². The van der Waals surface area contributed by atoms with Gasteiger partial charge >= 0.3 is 5.95 Å². The number of benzene rings is 2. The number of aromatic hydroxyl groups is 1. The minimum Gasteiger partial charge on any atom is -0.507 e. The SMILES string of the molecule is COc1ccccc1NC(N)=Nc1ncc(C(=O)c2ccccc2O)c[nH+]1. The van der Waals surface area contributed by atoms with Crippen molar-refractivity contribution in [3.05, 3.63) is 72.1 Å². The number of hydrogen-bond acceptors (Lipinski definition) is 5. The van der Waals surface area contributed by atoms with Gasteiger partial charge in [-0.3, -0.25) is 4.79 Å². The van der Waals surface area contributed by atoms with Crippen molar-refractivity contribution >= 4 is 23.4 Å². The molecule has 0 radical (unpaired) electrons. The smallest absolute Gasteiger partial charge is 0.433 e. The molecule has 5 N–H and O–H groups in total. The first-order chi connectivity index (χ1) is 13.1. The van der Waals surface area contributed by atoms with Crippen LogP contribution in [-0.2, 0) is 0 Å². The number of para-hydroxylation sites is 3. The highest BCUT2D eigenvalue weighted by Crippen LogP contribution is 2.23. The number of rotatable bonds is 5. The van der Waals surface area contributed by atoms with Crippen molar-refractivity contribution in [1.29, 1.82) is 0 Å². The van der Waals surface area contributed by atoms with E-state index in [1.807, 2.05) is 12.1 Å². The fourth-order valence-corrected chi connectivity index (χ4v) is 2.38. The normalized spacial score (nSPS) is 11.1. The molecule has 0 aliphatic heterocycles. The zero-order valence-corrected chi connectivity index (χ0v) is 14.5. The second kappa shape index (κ2) is 7.96. The van der Waals surface area contributed by atoms with Crippen LogP contribution in [0.15, 0.2) is 65.9 Å². The number of carbonyl (C=O) groups excluding carboxylic acids is 1. The van der Waals surface area contributed by atoms with E-state index in [0.29, 0.717) is 11.4 Å². The van der Waals surface area contributed by atoms with E-state index < -0.39 is 0 Å². The minimum absolute atomic E-state index is 0.0881. The predicted molar refractivity (Wildman–Crippen MR) is 100 cm³/mol. The molecule has 8 heteroatoms. The first-order valence-electron chi connectivity index (χ1n) is 8.03. The van der Waals surface area contributed by atoms with Gasteiger partial charge in [0.1, 0.15) is 17.7 Å². The first-order valence-corrected chi connectivity index (χ1v) is 8.03. The van der Waals surface area contributed by atoms with Crippen molar-refractivity contribution in [2.45, 2.75) is 0 Å². The van der Waals surface area contributed by atoms with Gasteiger partial charge in [0.25, 0.3) is 5.96 Å². The molecule has 136 valence electrons. The van der Waals surface area contributed by atoms with Crippen LogP contribution >= 0.6 is 0 Å². The van der Waals surface area contributed by atoms with Gasteiger partial charge in [-0.1, -0.05) is 29.2 Å². The third-order valence-corrected chi connectivity index (χ3v) is 3.69. The molecule has 2 aromatic carbocycles. The standard InChI is InChI=1S/C19H17N5O3/c1-27-16-9-5-3-7-14(16)23-18(20)24-19-21-10-12(11-22-19)17(26)13-6-2-4-8-15(13)25/h2-11,25H,1H3,(H3,20,21,22,23,24)/p+1. The van der Waals surface area contributed by atoms with E-state index in [0.717, 1.165) is 0 Å². The summed E-state index contributed by atoms with van der Waals surface area (Å²) < 4.78 is 5.24. The lowest BCUT2D eigenvalue weighted by Gasteiger charge is -2.07. The first kappa shape index (κ1) is 17.9. The largest absolute Gasteiger partial charge is 0.507 e. The van der Waals surface area contributed by atoms with E-state index in [-0.39, 0.29) is 34.6 Å². The zero-order chi connectivity index (χ0) is 19.2. The van der Waals surface area contributed by atoms with E-state index in [4.69, 9.17) is 10.5 Å². The highest BCUT2D eigenvalue weighted by Gasteiger charge is 2.16. The van der Waals surface area contributed by atoms with Gasteiger partial charge in [-0.25, -0.2) is 4.98 Å². The van der Waals surface area contributed by atoms with Crippen LogP contribution in [0.5, 0.6) is 11.5 Å². The van der Waals surface area contributed by atoms with Crippen molar-refractivity contribution in [3.63, 3.8) is 0 Å². The maximum atomic E-state index is 12.4. The van der Waals surface area contributed by atoms with E-state index in [1.165, 1.54) is 18.5 Å². The van der Waals surface area contributed by atoms with Crippen LogP contribution < -0.4 is 20.8 Å². The third-order valence-electron chi connectivity index (χ3n) is 3.69. The zero-order valence-electron chi connectivity index (χ0n) is 14.5. The molecule has 0 spiro atoms. The number of anilines is 1. The predicted octanol–water partition coefficient (Wildman–Crippen LogP) is 1.90. The number of guanidine groups is 1. The molecule has 0 saturated carbocycles. The Bertz CT molecular complexity index is 987. The molecule has 0 bridgehead atoms. The lowest BCUT2D eigenvalue weighted by molar-refractivity contribution is -0.367. The molecule has 1 heterocycles. The number of aromatic nitrogens is 2. The molecule has 1 aromatic heterocycles. The molecule has 0 aliphatic rings. The highest BCUT2D eigenvalue weighted by molar-refractivity contribution is 6.10. The van der Waals surface area contributed by atoms with E-state index in [1.54, 1.807) is 37.4 Å². The molecular weight excluding hydrogens is 346 g/mol. The maximum Gasteiger partial charge on any atom is 0.433 e. The number of ketones is 1. The number of nitrogens with two attached hydrogens (primary N) is 1. The number of ether oxygens (including phenoxy) is 1. The van der Waals surface area contributed by atoms with Crippen molar-refractivity contribution < 1.29 is 19.6 Å². The second-order valence-corrected chi connectivity index (χ2v) is 5.49. The summed E-state index contributed by atoms with van der Waals surface area (Å²) in [7, 11) is 1.56. The van der Waals surface area contributed by atoms with Gasteiger partial charge in [-0.05, 0) is 29.3 Å². The molecule has 0 fully saturated rings. The van der Waals surface area contributed by atoms with Crippen LogP contribution in [0, 0.1) is 0 Å². The summed E-state index contributed by atoms with van der Waals surface area (Å²) in [5.41, 5.74) is 7.03. The van der Waals surface area contributed by atoms with Crippen LogP contribution in [-0.4, -0.2) is 28.9 Å². The minimum atomic E-state index is -0.354. The van der Waals surface area contributed by atoms with Crippen molar-refractivity contribution in [2.24, 2.45) is 10.7 Å². The number of hydrogen-bond donors (Lipinski definition) is 3. The van der Waals surface area contributed by atoms with E-state index in [2.05, 4.69) is 20.3 Å². The fraction of sp³-hybridized carbons (Fsp3) is 0.0526.